The van der Waals surface area contributed by atoms with Crippen LogP contribution in [0.5, 0.6) is 0 Å². The zero-order valence-corrected chi connectivity index (χ0v) is 16.1. The van der Waals surface area contributed by atoms with E-state index >= 15 is 0 Å². The van der Waals surface area contributed by atoms with Crippen LogP contribution in [0.2, 0.25) is 5.02 Å². The summed E-state index contributed by atoms with van der Waals surface area (Å²) in [5.74, 6) is -0.0652. The van der Waals surface area contributed by atoms with Gasteiger partial charge in [-0.05, 0) is 44.9 Å². The van der Waals surface area contributed by atoms with Gasteiger partial charge in [-0.2, -0.15) is 0 Å². The fraction of sp³-hybridized carbons (Fsp3) is 0.588. The second-order valence-electron chi connectivity index (χ2n) is 7.08. The monoisotopic (exact) mass is 386 g/mol. The molecule has 0 radical (unpaired) electrons. The van der Waals surface area contributed by atoms with Crippen molar-refractivity contribution >= 4 is 33.2 Å². The van der Waals surface area contributed by atoms with Crippen molar-refractivity contribution in [2.24, 2.45) is 0 Å². The van der Waals surface area contributed by atoms with E-state index in [1.54, 1.807) is 23.1 Å². The molecule has 138 valence electrons. The lowest BCUT2D eigenvalue weighted by Gasteiger charge is -2.42. The number of amides is 1. The molecule has 2 aliphatic heterocycles. The molecule has 0 bridgehead atoms. The minimum Gasteiger partial charge on any atom is -0.377 e. The van der Waals surface area contributed by atoms with Gasteiger partial charge in [-0.15, -0.1) is 0 Å². The van der Waals surface area contributed by atoms with E-state index < -0.39 is 15.6 Å². The van der Waals surface area contributed by atoms with Crippen LogP contribution in [0.1, 0.15) is 37.0 Å². The maximum absolute atomic E-state index is 13.1. The van der Waals surface area contributed by atoms with Crippen molar-refractivity contribution in [2.45, 2.75) is 32.2 Å². The lowest BCUT2D eigenvalue weighted by Crippen LogP contribution is -2.55. The third-order valence-corrected chi connectivity index (χ3v) is 6.91. The highest BCUT2D eigenvalue weighted by Gasteiger charge is 2.36. The van der Waals surface area contributed by atoms with Crippen molar-refractivity contribution in [1.82, 2.24) is 4.90 Å². The first-order chi connectivity index (χ1) is 11.7. The summed E-state index contributed by atoms with van der Waals surface area (Å²) in [6.45, 7) is 5.73. The van der Waals surface area contributed by atoms with Crippen molar-refractivity contribution in [2.75, 3.05) is 36.4 Å². The highest BCUT2D eigenvalue weighted by molar-refractivity contribution is 7.92. The number of ether oxygens (including phenoxy) is 1. The van der Waals surface area contributed by atoms with E-state index in [0.717, 1.165) is 6.42 Å². The van der Waals surface area contributed by atoms with Gasteiger partial charge in [-0.3, -0.25) is 9.10 Å². The molecule has 2 heterocycles. The maximum atomic E-state index is 13.1. The molecule has 8 heteroatoms. The number of morpholine rings is 1. The lowest BCUT2D eigenvalue weighted by molar-refractivity contribution is -0.0370. The first-order valence-corrected chi connectivity index (χ1v) is 10.4. The normalized spacial score (nSPS) is 22.7. The van der Waals surface area contributed by atoms with Crippen molar-refractivity contribution in [3.8, 4) is 0 Å². The fourth-order valence-electron chi connectivity index (χ4n) is 3.29. The quantitative estimate of drug-likeness (QED) is 0.783. The molecule has 3 rings (SSSR count). The number of nitrogens with zero attached hydrogens (tertiary/aromatic N) is 2. The standard InChI is InChI=1S/C17H23ClN2O4S/c1-17(2)12-24-9-8-19(17)16(21)14-11-13(5-6-15(14)18)20-7-3-4-10-25(20,22)23/h5-6,11H,3-4,7-10,12H2,1-2H3. The van der Waals surface area contributed by atoms with Gasteiger partial charge in [0.2, 0.25) is 10.0 Å². The predicted molar refractivity (Wildman–Crippen MR) is 97.8 cm³/mol. The molecular formula is C17H23ClN2O4S. The Hall–Kier alpha value is -1.31. The van der Waals surface area contributed by atoms with Crippen LogP contribution in [0, 0.1) is 0 Å². The number of hydrogen-bond acceptors (Lipinski definition) is 4. The van der Waals surface area contributed by atoms with Gasteiger partial charge in [0.05, 0.1) is 40.8 Å². The highest BCUT2D eigenvalue weighted by atomic mass is 35.5. The Balaban J connectivity index is 1.95. The number of benzene rings is 1. The largest absolute Gasteiger partial charge is 0.377 e. The minimum atomic E-state index is -3.33. The van der Waals surface area contributed by atoms with E-state index in [4.69, 9.17) is 16.3 Å². The molecule has 25 heavy (non-hydrogen) atoms. The number of rotatable bonds is 2. The first kappa shape index (κ1) is 18.5. The molecule has 0 saturated carbocycles. The molecule has 0 atom stereocenters. The summed E-state index contributed by atoms with van der Waals surface area (Å²) in [6.07, 6.45) is 1.47. The van der Waals surface area contributed by atoms with Gasteiger partial charge in [0.15, 0.2) is 0 Å². The molecule has 1 aromatic carbocycles. The molecule has 2 saturated heterocycles. The van der Waals surface area contributed by atoms with Crippen LogP contribution >= 0.6 is 11.6 Å². The fourth-order valence-corrected chi connectivity index (χ4v) is 5.12. The summed E-state index contributed by atoms with van der Waals surface area (Å²) in [6, 6.07) is 4.85. The molecule has 0 aliphatic carbocycles. The maximum Gasteiger partial charge on any atom is 0.256 e. The van der Waals surface area contributed by atoms with Gasteiger partial charge in [0.1, 0.15) is 0 Å². The Bertz CT molecular complexity index is 779. The van der Waals surface area contributed by atoms with E-state index in [1.807, 2.05) is 13.8 Å². The zero-order valence-electron chi connectivity index (χ0n) is 14.5. The molecule has 2 fully saturated rings. The molecule has 0 spiro atoms. The summed E-state index contributed by atoms with van der Waals surface area (Å²) in [4.78, 5) is 14.8. The SMILES string of the molecule is CC1(C)COCCN1C(=O)c1cc(N2CCCCS2(=O)=O)ccc1Cl. The van der Waals surface area contributed by atoms with Gasteiger partial charge in [-0.1, -0.05) is 11.6 Å². The number of carbonyl (C=O) groups excluding carboxylic acids is 1. The second-order valence-corrected chi connectivity index (χ2v) is 9.50. The van der Waals surface area contributed by atoms with Crippen molar-refractivity contribution < 1.29 is 17.9 Å². The Morgan fingerprint density at radius 1 is 1.24 bits per heavy atom. The van der Waals surface area contributed by atoms with Crippen LogP contribution in [0.15, 0.2) is 18.2 Å². The number of hydrogen-bond donors (Lipinski definition) is 0. The van der Waals surface area contributed by atoms with Gasteiger partial charge in [0.25, 0.3) is 5.91 Å². The van der Waals surface area contributed by atoms with E-state index in [0.29, 0.717) is 49.0 Å². The van der Waals surface area contributed by atoms with Crippen LogP contribution in [0.25, 0.3) is 0 Å². The van der Waals surface area contributed by atoms with Gasteiger partial charge >= 0.3 is 0 Å². The number of sulfonamides is 1. The number of anilines is 1. The third-order valence-electron chi connectivity index (χ3n) is 4.71. The Kier molecular flexibility index (Phi) is 5.01. The highest BCUT2D eigenvalue weighted by Crippen LogP contribution is 2.30. The predicted octanol–water partition coefficient (Wildman–Crippen LogP) is 2.52. The smallest absolute Gasteiger partial charge is 0.256 e. The van der Waals surface area contributed by atoms with Gasteiger partial charge in [0, 0.05) is 13.1 Å². The average Bonchev–Trinajstić information content (AvgIpc) is 2.54. The molecule has 0 aromatic heterocycles. The molecular weight excluding hydrogens is 364 g/mol. The van der Waals surface area contributed by atoms with Crippen molar-refractivity contribution in [1.29, 1.82) is 0 Å². The van der Waals surface area contributed by atoms with E-state index in [2.05, 4.69) is 0 Å². The zero-order chi connectivity index (χ0) is 18.2. The topological polar surface area (TPSA) is 66.9 Å². The molecule has 2 aliphatic rings. The molecule has 0 N–H and O–H groups in total. The molecule has 1 aromatic rings. The Morgan fingerprint density at radius 3 is 2.68 bits per heavy atom. The Labute approximate surface area is 153 Å². The van der Waals surface area contributed by atoms with Crippen molar-refractivity contribution in [3.63, 3.8) is 0 Å². The van der Waals surface area contributed by atoms with Crippen LogP contribution < -0.4 is 4.31 Å². The summed E-state index contributed by atoms with van der Waals surface area (Å²) in [5.41, 5.74) is 0.389. The summed E-state index contributed by atoms with van der Waals surface area (Å²) >= 11 is 6.27. The second kappa shape index (κ2) is 6.78. The van der Waals surface area contributed by atoms with Crippen molar-refractivity contribution in [3.05, 3.63) is 28.8 Å². The van der Waals surface area contributed by atoms with E-state index in [-0.39, 0.29) is 11.7 Å². The lowest BCUT2D eigenvalue weighted by atomic mass is 10.0. The van der Waals surface area contributed by atoms with E-state index in [1.165, 1.54) is 4.31 Å². The third kappa shape index (κ3) is 3.64. The summed E-state index contributed by atoms with van der Waals surface area (Å²) in [5, 5.41) is 0.324. The Morgan fingerprint density at radius 2 is 2.00 bits per heavy atom. The molecule has 1 amide bonds. The van der Waals surface area contributed by atoms with Crippen LogP contribution in [-0.2, 0) is 14.8 Å². The average molecular weight is 387 g/mol. The first-order valence-electron chi connectivity index (χ1n) is 8.42. The number of halogens is 1. The summed E-state index contributed by atoms with van der Waals surface area (Å²) in [7, 11) is -3.33. The molecule has 0 unspecified atom stereocenters. The van der Waals surface area contributed by atoms with E-state index in [9.17, 15) is 13.2 Å². The van der Waals surface area contributed by atoms with Crippen LogP contribution in [-0.4, -0.2) is 56.8 Å². The number of carbonyl (C=O) groups is 1. The van der Waals surface area contributed by atoms with Crippen LogP contribution in [0.3, 0.4) is 0 Å². The molecule has 6 nitrogen and oxygen atoms in total. The van der Waals surface area contributed by atoms with Crippen LogP contribution in [0.4, 0.5) is 5.69 Å². The van der Waals surface area contributed by atoms with Gasteiger partial charge < -0.3 is 9.64 Å². The van der Waals surface area contributed by atoms with Gasteiger partial charge in [-0.25, -0.2) is 8.42 Å². The minimum absolute atomic E-state index is 0.134. The summed E-state index contributed by atoms with van der Waals surface area (Å²) < 4.78 is 31.5.